The van der Waals surface area contributed by atoms with Crippen molar-refractivity contribution in [3.63, 3.8) is 0 Å². The summed E-state index contributed by atoms with van der Waals surface area (Å²) in [7, 11) is 1.32. The topological polar surface area (TPSA) is 64.6 Å². The first-order valence-electron chi connectivity index (χ1n) is 9.49. The number of nitrogens with one attached hydrogen (secondary N) is 1. The van der Waals surface area contributed by atoms with E-state index in [9.17, 15) is 9.59 Å². The van der Waals surface area contributed by atoms with E-state index < -0.39 is 11.9 Å². The van der Waals surface area contributed by atoms with Crippen molar-refractivity contribution < 1.29 is 19.1 Å². The predicted molar refractivity (Wildman–Crippen MR) is 136 cm³/mol. The summed E-state index contributed by atoms with van der Waals surface area (Å²) in [5.41, 5.74) is 3.60. The van der Waals surface area contributed by atoms with Gasteiger partial charge in [0.15, 0.2) is 6.61 Å². The minimum absolute atomic E-state index is 0.232. The third-order valence-electron chi connectivity index (χ3n) is 4.79. The number of amides is 1. The molecule has 0 saturated carbocycles. The second-order valence-electron chi connectivity index (χ2n) is 7.02. The molecular formula is C23H20Br2ClNO4S. The summed E-state index contributed by atoms with van der Waals surface area (Å²) < 4.78 is 12.3. The minimum atomic E-state index is -0.518. The van der Waals surface area contributed by atoms with Crippen LogP contribution in [0.25, 0.3) is 11.1 Å². The largest absolute Gasteiger partial charge is 0.483 e. The Kier molecular flexibility index (Phi) is 8.03. The number of aryl methyl sites for hydroxylation is 2. The van der Waals surface area contributed by atoms with Gasteiger partial charge in [0.1, 0.15) is 16.3 Å². The number of rotatable bonds is 6. The number of halogens is 3. The lowest BCUT2D eigenvalue weighted by Crippen LogP contribution is -2.21. The van der Waals surface area contributed by atoms with Crippen LogP contribution in [0.3, 0.4) is 0 Å². The van der Waals surface area contributed by atoms with Crippen molar-refractivity contribution in [1.82, 2.24) is 0 Å². The standard InChI is InChI=1S/C23H20Br2ClNO4S/c1-11-9-16(20(25)12(2)21(11)26)31-10-17(28)27-22-19(23(29)30-4)18(13(3)32-22)14-5-7-15(24)8-6-14/h5-9H,10H2,1-4H3,(H,27,28). The molecule has 2 aromatic carbocycles. The van der Waals surface area contributed by atoms with E-state index in [0.29, 0.717) is 25.8 Å². The van der Waals surface area contributed by atoms with E-state index in [-0.39, 0.29) is 6.61 Å². The van der Waals surface area contributed by atoms with Gasteiger partial charge in [-0.05, 0) is 71.6 Å². The summed E-state index contributed by atoms with van der Waals surface area (Å²) in [6, 6.07) is 9.38. The van der Waals surface area contributed by atoms with Crippen molar-refractivity contribution in [2.24, 2.45) is 0 Å². The SMILES string of the molecule is COC(=O)c1c(NC(=O)COc2cc(C)c(Cl)c(C)c2Br)sc(C)c1-c1ccc(Br)cc1. The second-order valence-corrected chi connectivity index (χ2v) is 10.3. The number of thiophene rings is 1. The Bertz CT molecular complexity index is 1190. The van der Waals surface area contributed by atoms with E-state index in [2.05, 4.69) is 37.2 Å². The number of carbonyl (C=O) groups is 2. The number of benzene rings is 2. The molecule has 0 atom stereocenters. The molecule has 168 valence electrons. The van der Waals surface area contributed by atoms with Crippen molar-refractivity contribution in [2.75, 3.05) is 19.0 Å². The number of carbonyl (C=O) groups excluding carboxylic acids is 2. The van der Waals surface area contributed by atoms with Crippen molar-refractivity contribution in [3.8, 4) is 16.9 Å². The van der Waals surface area contributed by atoms with Gasteiger partial charge in [-0.1, -0.05) is 39.7 Å². The Morgan fingerprint density at radius 1 is 1.12 bits per heavy atom. The maximum Gasteiger partial charge on any atom is 0.341 e. The van der Waals surface area contributed by atoms with Crippen LogP contribution in [0, 0.1) is 20.8 Å². The Morgan fingerprint density at radius 3 is 2.41 bits per heavy atom. The third-order valence-corrected chi connectivity index (χ3v) is 7.90. The highest BCUT2D eigenvalue weighted by atomic mass is 79.9. The van der Waals surface area contributed by atoms with Gasteiger partial charge in [-0.15, -0.1) is 11.3 Å². The molecule has 0 bridgehead atoms. The van der Waals surface area contributed by atoms with E-state index in [1.54, 1.807) is 6.07 Å². The van der Waals surface area contributed by atoms with Gasteiger partial charge in [-0.25, -0.2) is 4.79 Å². The summed E-state index contributed by atoms with van der Waals surface area (Å²) in [6.07, 6.45) is 0. The molecule has 1 N–H and O–H groups in total. The first kappa shape index (κ1) is 24.8. The van der Waals surface area contributed by atoms with Crippen LogP contribution in [-0.4, -0.2) is 25.6 Å². The average molecular weight is 602 g/mol. The van der Waals surface area contributed by atoms with Crippen LogP contribution in [0.2, 0.25) is 5.02 Å². The average Bonchev–Trinajstić information content (AvgIpc) is 3.09. The smallest absolute Gasteiger partial charge is 0.341 e. The molecule has 1 aromatic heterocycles. The van der Waals surface area contributed by atoms with Crippen LogP contribution in [0.5, 0.6) is 5.75 Å². The maximum absolute atomic E-state index is 12.7. The molecule has 0 aliphatic rings. The Morgan fingerprint density at radius 2 is 1.78 bits per heavy atom. The minimum Gasteiger partial charge on any atom is -0.483 e. The van der Waals surface area contributed by atoms with Gasteiger partial charge >= 0.3 is 5.97 Å². The van der Waals surface area contributed by atoms with E-state index >= 15 is 0 Å². The number of ether oxygens (including phenoxy) is 2. The number of hydrogen-bond acceptors (Lipinski definition) is 5. The number of methoxy groups -OCH3 is 1. The molecule has 0 radical (unpaired) electrons. The first-order chi connectivity index (χ1) is 15.1. The molecule has 5 nitrogen and oxygen atoms in total. The van der Waals surface area contributed by atoms with Crippen LogP contribution in [-0.2, 0) is 9.53 Å². The normalized spacial score (nSPS) is 10.7. The van der Waals surface area contributed by atoms with E-state index in [4.69, 9.17) is 21.1 Å². The fourth-order valence-electron chi connectivity index (χ4n) is 3.21. The summed E-state index contributed by atoms with van der Waals surface area (Å²) in [5, 5.41) is 3.87. The van der Waals surface area contributed by atoms with Crippen LogP contribution in [0.15, 0.2) is 39.3 Å². The van der Waals surface area contributed by atoms with Gasteiger partial charge in [-0.2, -0.15) is 0 Å². The Hall–Kier alpha value is -1.87. The van der Waals surface area contributed by atoms with Gasteiger partial charge in [0.2, 0.25) is 0 Å². The van der Waals surface area contributed by atoms with Crippen molar-refractivity contribution >= 4 is 71.7 Å². The highest BCUT2D eigenvalue weighted by Gasteiger charge is 2.25. The summed E-state index contributed by atoms with van der Waals surface area (Å²) >= 11 is 14.5. The number of hydrogen-bond donors (Lipinski definition) is 1. The number of anilines is 1. The monoisotopic (exact) mass is 599 g/mol. The summed E-state index contributed by atoms with van der Waals surface area (Å²) in [5.74, 6) is -0.392. The van der Waals surface area contributed by atoms with Crippen LogP contribution in [0.1, 0.15) is 26.4 Å². The van der Waals surface area contributed by atoms with Gasteiger partial charge < -0.3 is 14.8 Å². The lowest BCUT2D eigenvalue weighted by Gasteiger charge is -2.13. The maximum atomic E-state index is 12.7. The fourth-order valence-corrected chi connectivity index (χ4v) is 5.24. The van der Waals surface area contributed by atoms with Gasteiger partial charge in [-0.3, -0.25) is 4.79 Å². The van der Waals surface area contributed by atoms with Crippen LogP contribution >= 0.6 is 54.8 Å². The van der Waals surface area contributed by atoms with Crippen molar-refractivity contribution in [3.05, 3.63) is 65.9 Å². The number of esters is 1. The van der Waals surface area contributed by atoms with Crippen molar-refractivity contribution in [1.29, 1.82) is 0 Å². The molecule has 32 heavy (non-hydrogen) atoms. The van der Waals surface area contributed by atoms with Crippen LogP contribution in [0.4, 0.5) is 5.00 Å². The van der Waals surface area contributed by atoms with E-state index in [1.165, 1.54) is 18.4 Å². The molecule has 1 amide bonds. The molecule has 1 heterocycles. The Labute approximate surface area is 212 Å². The molecule has 0 unspecified atom stereocenters. The third kappa shape index (κ3) is 5.20. The zero-order valence-corrected chi connectivity index (χ0v) is 22.5. The van der Waals surface area contributed by atoms with Gasteiger partial charge in [0.25, 0.3) is 5.91 Å². The molecule has 3 aromatic rings. The molecule has 0 spiro atoms. The fraction of sp³-hybridized carbons (Fsp3) is 0.217. The molecule has 9 heteroatoms. The zero-order chi connectivity index (χ0) is 23.6. The molecule has 0 aliphatic carbocycles. The quantitative estimate of drug-likeness (QED) is 0.301. The predicted octanol–water partition coefficient (Wildman–Crippen LogP) is 7.32. The van der Waals surface area contributed by atoms with Crippen molar-refractivity contribution in [2.45, 2.75) is 20.8 Å². The second kappa shape index (κ2) is 10.4. The lowest BCUT2D eigenvalue weighted by molar-refractivity contribution is -0.118. The highest BCUT2D eigenvalue weighted by molar-refractivity contribution is 9.10. The molecule has 0 fully saturated rings. The molecule has 0 saturated heterocycles. The first-order valence-corrected chi connectivity index (χ1v) is 12.3. The molecule has 3 rings (SSSR count). The van der Waals surface area contributed by atoms with E-state index in [0.717, 1.165) is 31.6 Å². The van der Waals surface area contributed by atoms with Gasteiger partial charge in [0.05, 0.1) is 11.6 Å². The van der Waals surface area contributed by atoms with E-state index in [1.807, 2.05) is 45.0 Å². The van der Waals surface area contributed by atoms with Crippen LogP contribution < -0.4 is 10.1 Å². The zero-order valence-electron chi connectivity index (χ0n) is 17.8. The lowest BCUT2D eigenvalue weighted by atomic mass is 10.0. The Balaban J connectivity index is 1.86. The highest BCUT2D eigenvalue weighted by Crippen LogP contribution is 2.41. The molecule has 0 aliphatic heterocycles. The summed E-state index contributed by atoms with van der Waals surface area (Å²) in [6.45, 7) is 5.41. The van der Waals surface area contributed by atoms with Gasteiger partial charge in [0, 0.05) is 19.9 Å². The summed E-state index contributed by atoms with van der Waals surface area (Å²) in [4.78, 5) is 26.1. The molecular weight excluding hydrogens is 582 g/mol.